The third-order valence-electron chi connectivity index (χ3n) is 9.72. The van der Waals surface area contributed by atoms with E-state index in [1.807, 2.05) is 30.3 Å². The molecule has 64 heavy (non-hydrogen) atoms. The van der Waals surface area contributed by atoms with E-state index in [0.717, 1.165) is 28.2 Å². The van der Waals surface area contributed by atoms with Crippen LogP contribution in [0.25, 0.3) is 11.2 Å². The lowest BCUT2D eigenvalue weighted by atomic mass is 10.1. The van der Waals surface area contributed by atoms with Gasteiger partial charge in [0.05, 0.1) is 19.5 Å². The molecule has 5 heterocycles. The summed E-state index contributed by atoms with van der Waals surface area (Å²) in [5.74, 6) is -1.41. The number of thioether (sulfide) groups is 1. The molecule has 1 unspecified atom stereocenters. The molecule has 0 aliphatic carbocycles. The number of nitrogens with two attached hydrogens (primary N) is 2. The Bertz CT molecular complexity index is 2460. The Balaban J connectivity index is 1.20. The minimum absolute atomic E-state index is 0.0101. The quantitative estimate of drug-likeness (QED) is 0.0348. The zero-order chi connectivity index (χ0) is 46.2. The molecule has 2 aliphatic rings. The van der Waals surface area contributed by atoms with Gasteiger partial charge in [-0.05, 0) is 24.5 Å². The number of imidazole rings is 1. The first kappa shape index (κ1) is 48.5. The van der Waals surface area contributed by atoms with Crippen LogP contribution in [0.5, 0.6) is 0 Å². The number of allylic oxidation sites excluding steroid dienone is 1. The van der Waals surface area contributed by atoms with Gasteiger partial charge in [-0.25, -0.2) is 33.7 Å². The lowest BCUT2D eigenvalue weighted by molar-refractivity contribution is -0.160. The van der Waals surface area contributed by atoms with Gasteiger partial charge >= 0.3 is 27.3 Å². The second-order valence-electron chi connectivity index (χ2n) is 14.3. The van der Waals surface area contributed by atoms with Crippen molar-refractivity contribution in [1.82, 2.24) is 34.4 Å². The summed E-state index contributed by atoms with van der Waals surface area (Å²) in [6, 6.07) is 9.06. The van der Waals surface area contributed by atoms with Gasteiger partial charge in [0.1, 0.15) is 54.3 Å². The molecule has 3 aromatic heterocycles. The highest BCUT2D eigenvalue weighted by Gasteiger charge is 2.50. The minimum Gasteiger partial charge on any atom is -0.455 e. The first-order valence-electron chi connectivity index (χ1n) is 19.3. The van der Waals surface area contributed by atoms with Crippen LogP contribution in [0.4, 0.5) is 11.6 Å². The van der Waals surface area contributed by atoms with Crippen molar-refractivity contribution in [2.75, 3.05) is 24.7 Å². The van der Waals surface area contributed by atoms with Gasteiger partial charge in [0.2, 0.25) is 5.91 Å². The molecule has 2 aliphatic heterocycles. The number of aliphatic hydroxyl groups excluding tert-OH is 1. The van der Waals surface area contributed by atoms with E-state index in [-0.39, 0.29) is 60.0 Å². The molecular formula is C36H45N9O16P2S. The molecule has 1 aromatic carbocycles. The van der Waals surface area contributed by atoms with Gasteiger partial charge in [-0.2, -0.15) is 4.98 Å². The Kier molecular flexibility index (Phi) is 16.2. The van der Waals surface area contributed by atoms with Crippen LogP contribution in [0.15, 0.2) is 72.7 Å². The lowest BCUT2D eigenvalue weighted by Crippen LogP contribution is -2.46. The van der Waals surface area contributed by atoms with Crippen LogP contribution in [0, 0.1) is 0 Å². The molecule has 9 atom stereocenters. The fourth-order valence-corrected chi connectivity index (χ4v) is 8.72. The average molecular weight is 954 g/mol. The predicted molar refractivity (Wildman–Crippen MR) is 223 cm³/mol. The third-order valence-corrected chi connectivity index (χ3v) is 12.2. The van der Waals surface area contributed by atoms with E-state index in [1.165, 1.54) is 29.2 Å². The maximum absolute atomic E-state index is 13.9. The van der Waals surface area contributed by atoms with Gasteiger partial charge in [-0.3, -0.25) is 32.3 Å². The summed E-state index contributed by atoms with van der Waals surface area (Å²) in [6.45, 7) is 1.81. The van der Waals surface area contributed by atoms with Gasteiger partial charge in [-0.15, -0.1) is 6.58 Å². The number of phosphoric ester groups is 2. The van der Waals surface area contributed by atoms with Gasteiger partial charge in [0.25, 0.3) is 0 Å². The van der Waals surface area contributed by atoms with Crippen molar-refractivity contribution < 1.29 is 71.1 Å². The number of hydrogen-bond donors (Lipinski definition) is 7. The molecule has 6 rings (SSSR count). The first-order valence-corrected chi connectivity index (χ1v) is 23.3. The number of carbonyl (C=O) groups is 3. The van der Waals surface area contributed by atoms with Crippen LogP contribution in [0.1, 0.15) is 50.1 Å². The minimum atomic E-state index is -5.26. The standard InChI is InChI=1S/C36H45N9O16P2S/c1-2-3-9-26(46)42-21(10-11-28(47)64-17-20-7-5-4-6-8-20)35(49)60-31-24(59-34(30(31)48)45-19-41-29-32(38)39-18-40-33(29)45)16-57-63(54,55)61-22-14-27(44-13-12-25(37)43-36(44)50)58-23(22)15-56-62(51,52)53/h2,4-8,12-13,18-19,21-24,27,30-31,34,48H,1,3,9-11,14-17H2,(H,42,46)(H,54,55)(H2,37,43,50)(H2,38,39,40)(H2,51,52,53)/t21-,22-,23+,24+,27+,30+,31+,34+/m0/s1. The highest BCUT2D eigenvalue weighted by atomic mass is 32.2. The number of phosphoric acid groups is 2. The number of amides is 1. The molecule has 2 fully saturated rings. The van der Waals surface area contributed by atoms with Crippen molar-refractivity contribution in [3.8, 4) is 0 Å². The van der Waals surface area contributed by atoms with E-state index in [2.05, 4.69) is 36.4 Å². The molecule has 4 aromatic rings. The molecule has 0 bridgehead atoms. The monoisotopic (exact) mass is 953 g/mol. The number of aromatic nitrogens is 6. The van der Waals surface area contributed by atoms with Gasteiger partial charge in [0.15, 0.2) is 28.9 Å². The maximum atomic E-state index is 13.9. The number of benzene rings is 1. The summed E-state index contributed by atoms with van der Waals surface area (Å²) in [6.07, 6.45) is -6.12. The smallest absolute Gasteiger partial charge is 0.455 e. The van der Waals surface area contributed by atoms with Gasteiger partial charge in [0, 0.05) is 31.2 Å². The lowest BCUT2D eigenvalue weighted by Gasteiger charge is -2.25. The summed E-state index contributed by atoms with van der Waals surface area (Å²) in [5, 5.41) is 14.0. The van der Waals surface area contributed by atoms with Crippen molar-refractivity contribution in [3.63, 3.8) is 0 Å². The zero-order valence-electron chi connectivity index (χ0n) is 33.6. The number of rotatable bonds is 21. The second-order valence-corrected chi connectivity index (χ2v) is 18.0. The van der Waals surface area contributed by atoms with Crippen molar-refractivity contribution in [2.45, 2.75) is 86.9 Å². The SMILES string of the molecule is C=CCCC(=O)N[C@@H](CCC(=O)SCc1ccccc1)C(=O)O[C@H]1[C@@H](O)[C@H](n2cnc3c(N)ncnc32)O[C@@H]1COP(=O)(O)O[C@H]1C[C@H](n2ccc(N)nc2=O)O[C@@H]1COP(=O)(O)O. The molecule has 346 valence electrons. The van der Waals surface area contributed by atoms with E-state index >= 15 is 0 Å². The summed E-state index contributed by atoms with van der Waals surface area (Å²) >= 11 is 1.02. The number of hydrogen-bond acceptors (Lipinski definition) is 20. The summed E-state index contributed by atoms with van der Waals surface area (Å²) < 4.78 is 60.1. The Hall–Kier alpha value is -4.95. The molecule has 0 saturated carbocycles. The topological polar surface area (TPSA) is 364 Å². The number of nitrogen functional groups attached to an aromatic ring is 2. The number of fused-ring (bicyclic) bond motifs is 1. The fraction of sp³-hybridized carbons (Fsp3) is 0.444. The van der Waals surface area contributed by atoms with E-state index in [4.69, 9.17) is 34.7 Å². The molecule has 0 spiro atoms. The zero-order valence-corrected chi connectivity index (χ0v) is 36.2. The van der Waals surface area contributed by atoms with Crippen LogP contribution in [-0.4, -0.2) is 116 Å². The molecule has 2 saturated heterocycles. The number of ether oxygens (including phenoxy) is 3. The molecule has 9 N–H and O–H groups in total. The number of esters is 1. The Morgan fingerprint density at radius 2 is 1.77 bits per heavy atom. The maximum Gasteiger partial charge on any atom is 0.472 e. The largest absolute Gasteiger partial charge is 0.472 e. The summed E-state index contributed by atoms with van der Waals surface area (Å²) in [4.78, 5) is 97.7. The first-order chi connectivity index (χ1) is 30.4. The van der Waals surface area contributed by atoms with E-state index in [0.29, 0.717) is 5.75 Å². The molecular weight excluding hydrogens is 908 g/mol. The highest BCUT2D eigenvalue weighted by Crippen LogP contribution is 2.50. The van der Waals surface area contributed by atoms with Crippen LogP contribution in [0.3, 0.4) is 0 Å². The van der Waals surface area contributed by atoms with Crippen LogP contribution < -0.4 is 22.5 Å². The Labute approximate surface area is 367 Å². The summed E-state index contributed by atoms with van der Waals surface area (Å²) in [5.41, 5.74) is 11.8. The second kappa shape index (κ2) is 21.4. The number of nitrogens with one attached hydrogen (secondary N) is 1. The predicted octanol–water partition coefficient (Wildman–Crippen LogP) is 1.01. The van der Waals surface area contributed by atoms with Crippen molar-refractivity contribution in [3.05, 3.63) is 84.0 Å². The van der Waals surface area contributed by atoms with E-state index in [1.54, 1.807) is 0 Å². The van der Waals surface area contributed by atoms with Crippen molar-refractivity contribution in [2.24, 2.45) is 0 Å². The average Bonchev–Trinajstić information content (AvgIpc) is 3.94. The molecule has 0 radical (unpaired) electrons. The van der Waals surface area contributed by atoms with Crippen LogP contribution in [0.2, 0.25) is 0 Å². The van der Waals surface area contributed by atoms with E-state index < -0.39 is 95.4 Å². The van der Waals surface area contributed by atoms with Crippen LogP contribution >= 0.6 is 27.4 Å². The third kappa shape index (κ3) is 12.9. The van der Waals surface area contributed by atoms with E-state index in [9.17, 15) is 48.1 Å². The Morgan fingerprint density at radius 1 is 1.02 bits per heavy atom. The molecule has 25 nitrogen and oxygen atoms in total. The van der Waals surface area contributed by atoms with Crippen molar-refractivity contribution >= 4 is 67.2 Å². The number of carbonyl (C=O) groups excluding carboxylic acids is 3. The fourth-order valence-electron chi connectivity index (χ4n) is 6.64. The number of nitrogens with zero attached hydrogens (tertiary/aromatic N) is 6. The number of anilines is 2. The number of aliphatic hydroxyl groups is 1. The van der Waals surface area contributed by atoms with Gasteiger partial charge in [-0.1, -0.05) is 48.2 Å². The highest BCUT2D eigenvalue weighted by molar-refractivity contribution is 8.12. The summed E-state index contributed by atoms with van der Waals surface area (Å²) in [7, 11) is -10.3. The van der Waals surface area contributed by atoms with Crippen molar-refractivity contribution in [1.29, 1.82) is 0 Å². The van der Waals surface area contributed by atoms with Gasteiger partial charge < -0.3 is 50.8 Å². The normalized spacial score (nSPS) is 23.7. The van der Waals surface area contributed by atoms with Crippen LogP contribution in [-0.2, 0) is 57.0 Å². The Morgan fingerprint density at radius 3 is 2.48 bits per heavy atom. The molecule has 28 heteroatoms. The molecule has 1 amide bonds.